The minimum Gasteiger partial charge on any atom is -0.311 e. The molecule has 84 valence electrons. The van der Waals surface area contributed by atoms with Crippen LogP contribution in [0.1, 0.15) is 5.56 Å². The van der Waals surface area contributed by atoms with Crippen molar-refractivity contribution < 1.29 is 0 Å². The first kappa shape index (κ1) is 11.4. The van der Waals surface area contributed by atoms with E-state index in [0.717, 1.165) is 18.3 Å². The Morgan fingerprint density at radius 2 is 2.53 bits per heavy atom. The van der Waals surface area contributed by atoms with E-state index in [-0.39, 0.29) is 0 Å². The van der Waals surface area contributed by atoms with Gasteiger partial charge < -0.3 is 5.32 Å². The monoisotopic (exact) mass is 243 g/mol. The maximum absolute atomic E-state index is 4.15. The number of hydrogen-bond acceptors (Lipinski definition) is 4. The Kier molecular flexibility index (Phi) is 4.41. The molecule has 1 aromatic heterocycles. The van der Waals surface area contributed by atoms with Crippen LogP contribution < -0.4 is 5.32 Å². The van der Waals surface area contributed by atoms with Crippen LogP contribution in [-0.2, 0) is 13.6 Å². The molecule has 1 N–H and O–H groups in total. The molecule has 5 heteroatoms. The number of rotatable bonds is 4. The van der Waals surface area contributed by atoms with Gasteiger partial charge >= 0.3 is 0 Å². The first-order chi connectivity index (χ1) is 7.34. The van der Waals surface area contributed by atoms with E-state index in [1.165, 1.54) is 22.8 Å². The van der Waals surface area contributed by atoms with Crippen LogP contribution in [0, 0.1) is 0 Å². The molecule has 1 saturated heterocycles. The predicted octanol–water partition coefficient (Wildman–Crippen LogP) is 1.36. The molecule has 0 bridgehead atoms. The molecule has 1 atom stereocenters. The zero-order valence-electron chi connectivity index (χ0n) is 8.98. The van der Waals surface area contributed by atoms with Crippen molar-refractivity contribution in [1.82, 2.24) is 15.1 Å². The lowest BCUT2D eigenvalue weighted by Gasteiger charge is -2.20. The molecule has 1 aliphatic rings. The summed E-state index contributed by atoms with van der Waals surface area (Å²) in [5.41, 5.74) is 1.27. The fourth-order valence-corrected chi connectivity index (χ4v) is 4.24. The summed E-state index contributed by atoms with van der Waals surface area (Å²) in [6, 6.07) is 0. The molecule has 2 rings (SSSR count). The fraction of sp³-hybridized carbons (Fsp3) is 0.700. The van der Waals surface area contributed by atoms with E-state index >= 15 is 0 Å². The van der Waals surface area contributed by atoms with Crippen molar-refractivity contribution in [2.75, 3.05) is 23.8 Å². The van der Waals surface area contributed by atoms with Gasteiger partial charge in [-0.3, -0.25) is 4.68 Å². The normalized spacial score (nSPS) is 21.8. The summed E-state index contributed by atoms with van der Waals surface area (Å²) in [4.78, 5) is 0. The Hall–Kier alpha value is -0.130. The van der Waals surface area contributed by atoms with Gasteiger partial charge in [0.25, 0.3) is 0 Å². The lowest BCUT2D eigenvalue weighted by molar-refractivity contribution is 0.685. The largest absolute Gasteiger partial charge is 0.311 e. The summed E-state index contributed by atoms with van der Waals surface area (Å²) in [7, 11) is 1.96. The average Bonchev–Trinajstić information content (AvgIpc) is 2.66. The van der Waals surface area contributed by atoms with Crippen molar-refractivity contribution in [3.05, 3.63) is 18.0 Å². The van der Waals surface area contributed by atoms with Crippen LogP contribution in [0.25, 0.3) is 0 Å². The summed E-state index contributed by atoms with van der Waals surface area (Å²) in [5.74, 6) is 3.93. The summed E-state index contributed by atoms with van der Waals surface area (Å²) in [6.07, 6.45) is 3.99. The van der Waals surface area contributed by atoms with Gasteiger partial charge in [-0.1, -0.05) is 0 Å². The van der Waals surface area contributed by atoms with Crippen molar-refractivity contribution in [3.8, 4) is 0 Å². The molecule has 0 saturated carbocycles. The van der Waals surface area contributed by atoms with Gasteiger partial charge in [-0.05, 0) is 0 Å². The zero-order chi connectivity index (χ0) is 10.5. The van der Waals surface area contributed by atoms with Crippen LogP contribution in [-0.4, -0.2) is 38.8 Å². The molecule has 1 aliphatic heterocycles. The quantitative estimate of drug-likeness (QED) is 0.865. The second-order valence-corrected chi connectivity index (χ2v) is 6.28. The Morgan fingerprint density at radius 1 is 1.60 bits per heavy atom. The Bertz CT molecular complexity index is 295. The Balaban J connectivity index is 1.65. The molecule has 3 nitrogen and oxygen atoms in total. The highest BCUT2D eigenvalue weighted by Crippen LogP contribution is 2.23. The second kappa shape index (κ2) is 5.82. The molecule has 2 heterocycles. The van der Waals surface area contributed by atoms with Crippen molar-refractivity contribution in [3.63, 3.8) is 0 Å². The molecule has 1 fully saturated rings. The van der Waals surface area contributed by atoms with E-state index in [4.69, 9.17) is 0 Å². The molecule has 0 amide bonds. The van der Waals surface area contributed by atoms with Crippen LogP contribution in [0.5, 0.6) is 0 Å². The molecule has 0 aliphatic carbocycles. The van der Waals surface area contributed by atoms with Crippen molar-refractivity contribution in [2.24, 2.45) is 7.05 Å². The summed E-state index contributed by atoms with van der Waals surface area (Å²) < 4.78 is 1.85. The smallest absolute Gasteiger partial charge is 0.0534 e. The predicted molar refractivity (Wildman–Crippen MR) is 68.5 cm³/mol. The molecular formula is C10H17N3S2. The Morgan fingerprint density at radius 3 is 3.20 bits per heavy atom. The van der Waals surface area contributed by atoms with Crippen molar-refractivity contribution >= 4 is 23.5 Å². The first-order valence-electron chi connectivity index (χ1n) is 5.22. The van der Waals surface area contributed by atoms with Gasteiger partial charge in [-0.2, -0.15) is 28.6 Å². The average molecular weight is 243 g/mol. The van der Waals surface area contributed by atoms with Crippen LogP contribution in [0.3, 0.4) is 0 Å². The lowest BCUT2D eigenvalue weighted by atomic mass is 10.3. The van der Waals surface area contributed by atoms with Gasteiger partial charge in [-0.25, -0.2) is 0 Å². The second-order valence-electron chi connectivity index (χ2n) is 3.72. The third-order valence-corrected chi connectivity index (χ3v) is 5.19. The topological polar surface area (TPSA) is 29.9 Å². The molecule has 0 radical (unpaired) electrons. The van der Waals surface area contributed by atoms with E-state index in [1.54, 1.807) is 0 Å². The van der Waals surface area contributed by atoms with E-state index in [2.05, 4.69) is 40.1 Å². The highest BCUT2D eigenvalue weighted by atomic mass is 32.2. The van der Waals surface area contributed by atoms with Crippen molar-refractivity contribution in [1.29, 1.82) is 0 Å². The third-order valence-electron chi connectivity index (χ3n) is 2.34. The number of thioether (sulfide) groups is 2. The minimum absolute atomic E-state index is 0.792. The van der Waals surface area contributed by atoms with Crippen molar-refractivity contribution in [2.45, 2.75) is 11.8 Å². The van der Waals surface area contributed by atoms with Crippen LogP contribution in [0.2, 0.25) is 0 Å². The van der Waals surface area contributed by atoms with E-state index in [0.29, 0.717) is 0 Å². The highest BCUT2D eigenvalue weighted by Gasteiger charge is 2.13. The molecule has 15 heavy (non-hydrogen) atoms. The molecular weight excluding hydrogens is 226 g/mol. The maximum atomic E-state index is 4.15. The summed E-state index contributed by atoms with van der Waals surface area (Å²) in [5, 5.41) is 8.44. The standard InChI is InChI=1S/C10H17N3S2/c1-13-7-9(5-12-13)4-11-6-10-8-14-2-3-15-10/h5,7,10-11H,2-4,6,8H2,1H3. The fourth-order valence-electron chi connectivity index (χ4n) is 1.60. The lowest BCUT2D eigenvalue weighted by Crippen LogP contribution is -2.28. The highest BCUT2D eigenvalue weighted by molar-refractivity contribution is 8.06. The maximum Gasteiger partial charge on any atom is 0.0534 e. The molecule has 1 unspecified atom stereocenters. The van der Waals surface area contributed by atoms with Gasteiger partial charge in [0.2, 0.25) is 0 Å². The molecule has 0 aromatic carbocycles. The number of aromatic nitrogens is 2. The number of nitrogens with zero attached hydrogens (tertiary/aromatic N) is 2. The molecule has 1 aromatic rings. The summed E-state index contributed by atoms with van der Waals surface area (Å²) >= 11 is 4.18. The minimum atomic E-state index is 0.792. The number of nitrogens with one attached hydrogen (secondary N) is 1. The Labute approximate surface area is 99.4 Å². The third kappa shape index (κ3) is 3.74. The first-order valence-corrected chi connectivity index (χ1v) is 7.42. The SMILES string of the molecule is Cn1cc(CNCC2CSCCS2)cn1. The molecule has 0 spiro atoms. The van der Waals surface area contributed by atoms with Gasteiger partial charge in [-0.15, -0.1) is 0 Å². The van der Waals surface area contributed by atoms with Crippen LogP contribution in [0.4, 0.5) is 0 Å². The van der Waals surface area contributed by atoms with Gasteiger partial charge in [0.05, 0.1) is 6.20 Å². The van der Waals surface area contributed by atoms with E-state index in [1.807, 2.05) is 17.9 Å². The van der Waals surface area contributed by atoms with Crippen LogP contribution >= 0.6 is 23.5 Å². The van der Waals surface area contributed by atoms with Crippen LogP contribution in [0.15, 0.2) is 12.4 Å². The van der Waals surface area contributed by atoms with E-state index < -0.39 is 0 Å². The van der Waals surface area contributed by atoms with Gasteiger partial charge in [0, 0.05) is 54.4 Å². The summed E-state index contributed by atoms with van der Waals surface area (Å²) in [6.45, 7) is 2.06. The zero-order valence-corrected chi connectivity index (χ0v) is 10.6. The van der Waals surface area contributed by atoms with Gasteiger partial charge in [0.15, 0.2) is 0 Å². The number of hydrogen-bond donors (Lipinski definition) is 1. The number of aryl methyl sites for hydroxylation is 1. The van der Waals surface area contributed by atoms with Gasteiger partial charge in [0.1, 0.15) is 0 Å². The van der Waals surface area contributed by atoms with E-state index in [9.17, 15) is 0 Å².